The van der Waals surface area contributed by atoms with Gasteiger partial charge < -0.3 is 20.1 Å². The minimum absolute atomic E-state index is 0.102. The molecule has 13 heteroatoms. The predicted octanol–water partition coefficient (Wildman–Crippen LogP) is 4.21. The Morgan fingerprint density at radius 2 is 1.74 bits per heavy atom. The predicted molar refractivity (Wildman–Crippen MR) is 139 cm³/mol. The first-order valence-electron chi connectivity index (χ1n) is 11.3. The summed E-state index contributed by atoms with van der Waals surface area (Å²) in [4.78, 5) is 36.2. The molecule has 3 N–H and O–H groups in total. The average Bonchev–Trinajstić information content (AvgIpc) is 3.58. The van der Waals surface area contributed by atoms with Gasteiger partial charge in [0.1, 0.15) is 11.0 Å². The number of carbonyl (C=O) groups excluding carboxylic acids is 2. The van der Waals surface area contributed by atoms with Crippen molar-refractivity contribution in [3.8, 4) is 22.1 Å². The molecule has 5 rings (SSSR count). The zero-order valence-corrected chi connectivity index (χ0v) is 20.4. The standard InChI is InChI=1S/C25H20N6O6S/c32-22(28-25-30-29-23(38-25)16-6-11-20-21(13-16)37-14-36-20)19(12-15-4-2-1-3-5-15)27-24(33)26-17-7-9-18(10-8-17)31(34)35/h1-11,13,19H,12,14H2,(H2,26,27,33)(H,28,30,32). The molecular weight excluding hydrogens is 512 g/mol. The maximum absolute atomic E-state index is 13.2. The van der Waals surface area contributed by atoms with Gasteiger partial charge in [-0.3, -0.25) is 20.2 Å². The molecule has 1 aliphatic heterocycles. The highest BCUT2D eigenvalue weighted by Crippen LogP contribution is 2.37. The molecule has 0 saturated heterocycles. The Morgan fingerprint density at radius 3 is 2.50 bits per heavy atom. The average molecular weight is 533 g/mol. The van der Waals surface area contributed by atoms with Crippen LogP contribution in [0.25, 0.3) is 10.6 Å². The number of nitrogens with zero attached hydrogens (tertiary/aromatic N) is 3. The second-order valence-corrected chi connectivity index (χ2v) is 9.09. The van der Waals surface area contributed by atoms with E-state index in [0.717, 1.165) is 11.1 Å². The molecule has 1 atom stereocenters. The summed E-state index contributed by atoms with van der Waals surface area (Å²) < 4.78 is 10.7. The lowest BCUT2D eigenvalue weighted by molar-refractivity contribution is -0.384. The van der Waals surface area contributed by atoms with E-state index in [9.17, 15) is 19.7 Å². The summed E-state index contributed by atoms with van der Waals surface area (Å²) in [5, 5.41) is 27.9. The lowest BCUT2D eigenvalue weighted by Gasteiger charge is -2.18. The number of anilines is 2. The van der Waals surface area contributed by atoms with E-state index in [1.54, 1.807) is 12.1 Å². The Bertz CT molecular complexity index is 1480. The Kier molecular flexibility index (Phi) is 7.08. The molecule has 2 heterocycles. The lowest BCUT2D eigenvalue weighted by Crippen LogP contribution is -2.46. The van der Waals surface area contributed by atoms with E-state index in [1.807, 2.05) is 36.4 Å². The number of carbonyl (C=O) groups is 2. The molecule has 0 radical (unpaired) electrons. The van der Waals surface area contributed by atoms with Gasteiger partial charge in [0.05, 0.1) is 4.92 Å². The number of nitro benzene ring substituents is 1. The molecule has 3 aromatic carbocycles. The van der Waals surface area contributed by atoms with Crippen molar-refractivity contribution in [2.24, 2.45) is 0 Å². The second-order valence-electron chi connectivity index (χ2n) is 8.11. The Morgan fingerprint density at radius 1 is 0.974 bits per heavy atom. The van der Waals surface area contributed by atoms with E-state index in [0.29, 0.717) is 22.2 Å². The fourth-order valence-electron chi connectivity index (χ4n) is 3.66. The Labute approximate surface area is 219 Å². The SMILES string of the molecule is O=C(Nc1ccc([N+](=O)[O-])cc1)NC(Cc1ccccc1)C(=O)Nc1nnc(-c2ccc3c(c2)OCO3)s1. The van der Waals surface area contributed by atoms with Crippen LogP contribution < -0.4 is 25.4 Å². The molecule has 0 aliphatic carbocycles. The maximum atomic E-state index is 13.2. The summed E-state index contributed by atoms with van der Waals surface area (Å²) in [5.74, 6) is 0.768. The number of nitro groups is 1. The van der Waals surface area contributed by atoms with E-state index in [-0.39, 0.29) is 24.0 Å². The minimum Gasteiger partial charge on any atom is -0.454 e. The fraction of sp³-hybridized carbons (Fsp3) is 0.120. The van der Waals surface area contributed by atoms with Crippen LogP contribution in [-0.2, 0) is 11.2 Å². The molecular formula is C25H20N6O6S. The number of nitrogens with one attached hydrogen (secondary N) is 3. The van der Waals surface area contributed by atoms with Gasteiger partial charge in [0.25, 0.3) is 5.69 Å². The van der Waals surface area contributed by atoms with Gasteiger partial charge in [-0.2, -0.15) is 0 Å². The van der Waals surface area contributed by atoms with E-state index in [1.165, 1.54) is 35.6 Å². The second kappa shape index (κ2) is 10.9. The van der Waals surface area contributed by atoms with Crippen molar-refractivity contribution >= 4 is 39.8 Å². The maximum Gasteiger partial charge on any atom is 0.319 e. The number of urea groups is 1. The van der Waals surface area contributed by atoms with Crippen molar-refractivity contribution in [1.82, 2.24) is 15.5 Å². The number of hydrogen-bond donors (Lipinski definition) is 3. The third-order valence-corrected chi connectivity index (χ3v) is 6.40. The van der Waals surface area contributed by atoms with Crippen LogP contribution in [-0.4, -0.2) is 39.9 Å². The molecule has 1 aromatic heterocycles. The number of aromatic nitrogens is 2. The van der Waals surface area contributed by atoms with Gasteiger partial charge in [0.2, 0.25) is 17.8 Å². The molecule has 38 heavy (non-hydrogen) atoms. The van der Waals surface area contributed by atoms with Crippen LogP contribution in [0.3, 0.4) is 0 Å². The van der Waals surface area contributed by atoms with E-state index in [4.69, 9.17) is 9.47 Å². The van der Waals surface area contributed by atoms with Crippen LogP contribution in [0.15, 0.2) is 72.8 Å². The smallest absolute Gasteiger partial charge is 0.319 e. The van der Waals surface area contributed by atoms with Crippen molar-refractivity contribution in [2.75, 3.05) is 17.4 Å². The Balaban J connectivity index is 1.28. The van der Waals surface area contributed by atoms with Crippen LogP contribution in [0.5, 0.6) is 11.5 Å². The number of hydrogen-bond acceptors (Lipinski definition) is 9. The first kappa shape index (κ1) is 24.6. The largest absolute Gasteiger partial charge is 0.454 e. The minimum atomic E-state index is -0.951. The van der Waals surface area contributed by atoms with Gasteiger partial charge in [-0.15, -0.1) is 10.2 Å². The number of benzene rings is 3. The molecule has 12 nitrogen and oxygen atoms in total. The molecule has 4 aromatic rings. The molecule has 3 amide bonds. The van der Waals surface area contributed by atoms with Crippen molar-refractivity contribution in [3.05, 3.63) is 88.5 Å². The van der Waals surface area contributed by atoms with Gasteiger partial charge in [0.15, 0.2) is 11.5 Å². The normalized spacial score (nSPS) is 12.4. The van der Waals surface area contributed by atoms with E-state index in [2.05, 4.69) is 26.1 Å². The first-order chi connectivity index (χ1) is 18.4. The quantitative estimate of drug-likeness (QED) is 0.225. The number of ether oxygens (including phenoxy) is 2. The molecule has 192 valence electrons. The summed E-state index contributed by atoms with van der Waals surface area (Å²) in [6.07, 6.45) is 0.216. The van der Waals surface area contributed by atoms with Gasteiger partial charge in [-0.05, 0) is 35.9 Å². The Hall–Kier alpha value is -5.04. The van der Waals surface area contributed by atoms with Gasteiger partial charge >= 0.3 is 6.03 Å². The first-order valence-corrected chi connectivity index (χ1v) is 12.2. The van der Waals surface area contributed by atoms with Crippen molar-refractivity contribution in [1.29, 1.82) is 0 Å². The summed E-state index contributed by atoms with van der Waals surface area (Å²) in [5.41, 5.74) is 1.83. The summed E-state index contributed by atoms with van der Waals surface area (Å²) in [6.45, 7) is 0.157. The lowest BCUT2D eigenvalue weighted by atomic mass is 10.1. The fourth-order valence-corrected chi connectivity index (χ4v) is 4.41. The highest BCUT2D eigenvalue weighted by atomic mass is 32.1. The molecule has 0 bridgehead atoms. The van der Waals surface area contributed by atoms with Gasteiger partial charge in [-0.1, -0.05) is 41.7 Å². The van der Waals surface area contributed by atoms with Crippen molar-refractivity contribution in [3.63, 3.8) is 0 Å². The van der Waals surface area contributed by atoms with E-state index >= 15 is 0 Å². The topological polar surface area (TPSA) is 158 Å². The summed E-state index contributed by atoms with van der Waals surface area (Å²) in [7, 11) is 0. The summed E-state index contributed by atoms with van der Waals surface area (Å²) in [6, 6.07) is 18.4. The molecule has 1 aliphatic rings. The van der Waals surface area contributed by atoms with Crippen LogP contribution in [0, 0.1) is 10.1 Å². The van der Waals surface area contributed by atoms with Crippen molar-refractivity contribution < 1.29 is 24.0 Å². The number of rotatable bonds is 8. The highest BCUT2D eigenvalue weighted by molar-refractivity contribution is 7.18. The highest BCUT2D eigenvalue weighted by Gasteiger charge is 2.23. The number of non-ortho nitro benzene ring substituents is 1. The van der Waals surface area contributed by atoms with Gasteiger partial charge in [0, 0.05) is 29.8 Å². The third kappa shape index (κ3) is 5.84. The van der Waals surface area contributed by atoms with Crippen LogP contribution >= 0.6 is 11.3 Å². The zero-order valence-electron chi connectivity index (χ0n) is 19.6. The number of amides is 3. The molecule has 1 unspecified atom stereocenters. The van der Waals surface area contributed by atoms with Gasteiger partial charge in [-0.25, -0.2) is 4.79 Å². The molecule has 0 saturated carbocycles. The monoisotopic (exact) mass is 532 g/mol. The molecule has 0 fully saturated rings. The van der Waals surface area contributed by atoms with Crippen LogP contribution in [0.1, 0.15) is 5.56 Å². The zero-order chi connectivity index (χ0) is 26.5. The van der Waals surface area contributed by atoms with E-state index < -0.39 is 22.9 Å². The van der Waals surface area contributed by atoms with Crippen molar-refractivity contribution in [2.45, 2.75) is 12.5 Å². The third-order valence-electron chi connectivity index (χ3n) is 5.52. The van der Waals surface area contributed by atoms with Crippen LogP contribution in [0.4, 0.5) is 21.3 Å². The molecule has 0 spiro atoms. The number of fused-ring (bicyclic) bond motifs is 1. The summed E-state index contributed by atoms with van der Waals surface area (Å²) >= 11 is 1.17. The van der Waals surface area contributed by atoms with Crippen LogP contribution in [0.2, 0.25) is 0 Å².